The molecule has 0 amide bonds. The van der Waals surface area contributed by atoms with Crippen molar-refractivity contribution in [1.29, 1.82) is 0 Å². The molecule has 34 heavy (non-hydrogen) atoms. The zero-order chi connectivity index (χ0) is 25.3. The number of aromatic nitrogens is 2. The van der Waals surface area contributed by atoms with Crippen LogP contribution in [-0.4, -0.2) is 67.4 Å². The van der Waals surface area contributed by atoms with Gasteiger partial charge < -0.3 is 20.7 Å². The fraction of sp³-hybridized carbons (Fsp3) is 0.762. The van der Waals surface area contributed by atoms with E-state index < -0.39 is 49.5 Å². The number of carbonyl (C=O) groups is 1. The maximum Gasteiger partial charge on any atom is 0.409 e. The zero-order valence-corrected chi connectivity index (χ0v) is 20.9. The molecule has 1 aromatic heterocycles. The highest BCUT2D eigenvalue weighted by atomic mass is 31.2. The lowest BCUT2D eigenvalue weighted by atomic mass is 9.96. The predicted octanol–water partition coefficient (Wildman–Crippen LogP) is 1.99. The van der Waals surface area contributed by atoms with Gasteiger partial charge in [-0.05, 0) is 38.7 Å². The predicted molar refractivity (Wildman–Crippen MR) is 123 cm³/mol. The van der Waals surface area contributed by atoms with Gasteiger partial charge in [0.25, 0.3) is 0 Å². The van der Waals surface area contributed by atoms with Crippen molar-refractivity contribution in [3.05, 3.63) is 22.7 Å². The smallest absolute Gasteiger partial charge is 0.409 e. The molecule has 12 nitrogen and oxygen atoms in total. The molecule has 0 radical (unpaired) electrons. The van der Waals surface area contributed by atoms with Gasteiger partial charge in [0, 0.05) is 12.7 Å². The molecule has 4 N–H and O–H groups in total. The molecule has 192 valence electrons. The minimum Gasteiger partial charge on any atom is -0.480 e. The van der Waals surface area contributed by atoms with Gasteiger partial charge in [0.1, 0.15) is 29.7 Å². The number of hydrogen-bond acceptors (Lipinski definition) is 9. The molecule has 6 atom stereocenters. The van der Waals surface area contributed by atoms with E-state index in [9.17, 15) is 24.4 Å². The summed E-state index contributed by atoms with van der Waals surface area (Å²) < 4.78 is 33.7. The van der Waals surface area contributed by atoms with E-state index in [1.807, 2.05) is 13.8 Å². The van der Waals surface area contributed by atoms with Crippen LogP contribution in [-0.2, 0) is 23.1 Å². The summed E-state index contributed by atoms with van der Waals surface area (Å²) in [7, 11) is -4.13. The fourth-order valence-corrected chi connectivity index (χ4v) is 6.88. The van der Waals surface area contributed by atoms with E-state index in [2.05, 4.69) is 4.98 Å². The van der Waals surface area contributed by atoms with Gasteiger partial charge >= 0.3 is 19.4 Å². The molecule has 2 aliphatic heterocycles. The molecule has 0 aromatic carbocycles. The monoisotopic (exact) mass is 502 g/mol. The highest BCUT2D eigenvalue weighted by molar-refractivity contribution is 7.51. The highest BCUT2D eigenvalue weighted by Gasteiger charge is 2.61. The van der Waals surface area contributed by atoms with Gasteiger partial charge in [0.15, 0.2) is 6.23 Å². The van der Waals surface area contributed by atoms with Gasteiger partial charge in [0.2, 0.25) is 0 Å². The molecule has 3 heterocycles. The third-order valence-corrected chi connectivity index (χ3v) is 8.54. The SMILES string of the molecule is CCCC(CCC)CN([C@@H](C)C(=O)O)P1(=O)OC[C@H]2O[C@@H](n3ccc(N)nc3=O)[C@](C)(O)[C@@H]2O1. The number of nitrogen functional groups attached to an aromatic ring is 1. The van der Waals surface area contributed by atoms with Gasteiger partial charge in [-0.2, -0.15) is 9.65 Å². The summed E-state index contributed by atoms with van der Waals surface area (Å²) in [6.45, 7) is 6.91. The molecule has 0 bridgehead atoms. The van der Waals surface area contributed by atoms with Crippen LogP contribution in [0, 0.1) is 5.92 Å². The van der Waals surface area contributed by atoms with Crippen molar-refractivity contribution in [1.82, 2.24) is 14.2 Å². The number of carboxylic acids is 1. The van der Waals surface area contributed by atoms with Crippen LogP contribution in [0.5, 0.6) is 0 Å². The molecule has 2 aliphatic rings. The van der Waals surface area contributed by atoms with E-state index in [-0.39, 0.29) is 24.9 Å². The van der Waals surface area contributed by atoms with Crippen molar-refractivity contribution in [2.75, 3.05) is 18.9 Å². The Morgan fingerprint density at radius 3 is 2.62 bits per heavy atom. The second-order valence-corrected chi connectivity index (χ2v) is 11.1. The van der Waals surface area contributed by atoms with Crippen LogP contribution in [0.1, 0.15) is 59.6 Å². The number of rotatable bonds is 10. The lowest BCUT2D eigenvalue weighted by molar-refractivity contribution is -0.142. The van der Waals surface area contributed by atoms with Crippen LogP contribution < -0.4 is 11.4 Å². The molecule has 0 aliphatic carbocycles. The Bertz CT molecular complexity index is 980. The summed E-state index contributed by atoms with van der Waals surface area (Å²) >= 11 is 0. The van der Waals surface area contributed by atoms with Gasteiger partial charge in [-0.3, -0.25) is 18.4 Å². The molecule has 2 saturated heterocycles. The first kappa shape index (κ1) is 26.8. The Balaban J connectivity index is 1.91. The molecular weight excluding hydrogens is 467 g/mol. The number of aliphatic hydroxyl groups is 1. The average Bonchev–Trinajstić information content (AvgIpc) is 3.01. The lowest BCUT2D eigenvalue weighted by Gasteiger charge is -2.41. The third-order valence-electron chi connectivity index (χ3n) is 6.43. The number of carboxylic acid groups (broad SMARTS) is 1. The number of anilines is 1. The van der Waals surface area contributed by atoms with Crippen LogP contribution in [0.4, 0.5) is 5.82 Å². The number of ether oxygens (including phenoxy) is 1. The van der Waals surface area contributed by atoms with Crippen LogP contribution in [0.3, 0.4) is 0 Å². The standard InChI is InChI=1S/C21H35N4O8P/c1-5-7-14(8-6-2)11-25(13(3)18(26)27)34(30)31-12-15-17(33-34)21(4,29)19(32-15)24-10-9-16(22)23-20(24)28/h9-10,13-15,17,19,29H,5-8,11-12H2,1-4H3,(H,26,27)(H2,22,23,28)/t13-,15+,17+,19+,21+,34?/m0/s1. The van der Waals surface area contributed by atoms with Crippen molar-refractivity contribution in [3.63, 3.8) is 0 Å². The Hall–Kier alpha value is -1.82. The van der Waals surface area contributed by atoms with Crippen LogP contribution >= 0.6 is 7.75 Å². The average molecular weight is 503 g/mol. The number of aliphatic carboxylic acids is 1. The second-order valence-electron chi connectivity index (χ2n) is 9.16. The Morgan fingerprint density at radius 1 is 1.41 bits per heavy atom. The summed E-state index contributed by atoms with van der Waals surface area (Å²) in [5, 5.41) is 21.0. The van der Waals surface area contributed by atoms with Crippen molar-refractivity contribution in [2.24, 2.45) is 5.92 Å². The highest BCUT2D eigenvalue weighted by Crippen LogP contribution is 2.61. The Kier molecular flexibility index (Phi) is 8.22. The van der Waals surface area contributed by atoms with E-state index in [1.165, 1.54) is 30.8 Å². The molecule has 0 saturated carbocycles. The summed E-state index contributed by atoms with van der Waals surface area (Å²) in [5.74, 6) is -1.05. The first-order valence-electron chi connectivity index (χ1n) is 11.6. The molecule has 2 fully saturated rings. The molecule has 13 heteroatoms. The maximum absolute atomic E-state index is 14.0. The number of fused-ring (bicyclic) bond motifs is 1. The first-order valence-corrected chi connectivity index (χ1v) is 13.1. The molecule has 1 unspecified atom stereocenters. The summed E-state index contributed by atoms with van der Waals surface area (Å²) in [6.07, 6.45) is 1.63. The summed E-state index contributed by atoms with van der Waals surface area (Å²) in [6, 6.07) is 0.244. The van der Waals surface area contributed by atoms with Crippen molar-refractivity contribution >= 4 is 19.5 Å². The summed E-state index contributed by atoms with van der Waals surface area (Å²) in [5.41, 5.74) is 3.03. The van der Waals surface area contributed by atoms with E-state index in [0.29, 0.717) is 0 Å². The molecule has 3 rings (SSSR count). The van der Waals surface area contributed by atoms with Crippen LogP contribution in [0.2, 0.25) is 0 Å². The number of nitrogens with zero attached hydrogens (tertiary/aromatic N) is 3. The van der Waals surface area contributed by atoms with Crippen LogP contribution in [0.15, 0.2) is 17.1 Å². The quantitative estimate of drug-likeness (QED) is 0.400. The Morgan fingerprint density at radius 2 is 2.06 bits per heavy atom. The van der Waals surface area contributed by atoms with Gasteiger partial charge in [-0.25, -0.2) is 9.36 Å². The van der Waals surface area contributed by atoms with E-state index in [0.717, 1.165) is 30.3 Å². The van der Waals surface area contributed by atoms with Gasteiger partial charge in [-0.1, -0.05) is 26.7 Å². The van der Waals surface area contributed by atoms with Gasteiger partial charge in [0.05, 0.1) is 6.61 Å². The van der Waals surface area contributed by atoms with Gasteiger partial charge in [-0.15, -0.1) is 0 Å². The lowest BCUT2D eigenvalue weighted by Crippen LogP contribution is -2.51. The number of nitrogens with two attached hydrogens (primary N) is 1. The fourth-order valence-electron chi connectivity index (χ4n) is 4.63. The van der Waals surface area contributed by atoms with Crippen LogP contribution in [0.25, 0.3) is 0 Å². The number of hydrogen-bond donors (Lipinski definition) is 3. The Labute approximate surface area is 198 Å². The van der Waals surface area contributed by atoms with E-state index in [1.54, 1.807) is 0 Å². The third kappa shape index (κ3) is 5.22. The van der Waals surface area contributed by atoms with Crippen molar-refractivity contribution < 1.29 is 33.4 Å². The second kappa shape index (κ2) is 10.4. The summed E-state index contributed by atoms with van der Waals surface area (Å²) in [4.78, 5) is 27.9. The molecular formula is C21H35N4O8P. The normalized spacial score (nSPS) is 32.1. The largest absolute Gasteiger partial charge is 0.480 e. The minimum atomic E-state index is -4.13. The minimum absolute atomic E-state index is 0.0207. The molecule has 1 aromatic rings. The molecule has 0 spiro atoms. The van der Waals surface area contributed by atoms with E-state index in [4.69, 9.17) is 19.5 Å². The van der Waals surface area contributed by atoms with E-state index >= 15 is 0 Å². The topological polar surface area (TPSA) is 166 Å². The zero-order valence-electron chi connectivity index (χ0n) is 20.0. The maximum atomic E-state index is 14.0. The van der Waals surface area contributed by atoms with Crippen molar-refractivity contribution in [3.8, 4) is 0 Å². The van der Waals surface area contributed by atoms with Crippen molar-refractivity contribution in [2.45, 2.75) is 83.5 Å². The first-order chi connectivity index (χ1) is 15.9.